The van der Waals surface area contributed by atoms with Crippen LogP contribution in [0.2, 0.25) is 0 Å². The minimum absolute atomic E-state index is 0.0969. The standard InChI is InChI=1S/C18H23BrN2O2/c1-14(22)20-9-11-21(12-10-20)17(23)18(7-2-3-8-18)15-5-4-6-16(19)13-15/h4-6,13H,2-3,7-12H2,1H3. The maximum atomic E-state index is 13.3. The van der Waals surface area contributed by atoms with Gasteiger partial charge >= 0.3 is 0 Å². The number of carbonyl (C=O) groups is 2. The molecular weight excluding hydrogens is 356 g/mol. The molecule has 1 heterocycles. The maximum absolute atomic E-state index is 13.3. The maximum Gasteiger partial charge on any atom is 0.233 e. The number of piperazine rings is 1. The van der Waals surface area contributed by atoms with Gasteiger partial charge in [-0.3, -0.25) is 9.59 Å². The van der Waals surface area contributed by atoms with Crippen LogP contribution in [0.25, 0.3) is 0 Å². The molecule has 1 saturated heterocycles. The molecule has 0 radical (unpaired) electrons. The van der Waals surface area contributed by atoms with Gasteiger partial charge in [0.1, 0.15) is 0 Å². The van der Waals surface area contributed by atoms with Crippen molar-refractivity contribution in [1.82, 2.24) is 9.80 Å². The summed E-state index contributed by atoms with van der Waals surface area (Å²) in [6, 6.07) is 8.19. The van der Waals surface area contributed by atoms with E-state index in [1.165, 1.54) is 0 Å². The molecule has 0 spiro atoms. The quantitative estimate of drug-likeness (QED) is 0.793. The molecule has 2 aliphatic rings. The number of carbonyl (C=O) groups excluding carboxylic acids is 2. The van der Waals surface area contributed by atoms with E-state index in [9.17, 15) is 9.59 Å². The molecule has 4 nitrogen and oxygen atoms in total. The lowest BCUT2D eigenvalue weighted by molar-refractivity contribution is -0.142. The van der Waals surface area contributed by atoms with E-state index in [-0.39, 0.29) is 17.2 Å². The average Bonchev–Trinajstić information content (AvgIpc) is 3.05. The number of benzene rings is 1. The molecule has 1 saturated carbocycles. The van der Waals surface area contributed by atoms with Crippen LogP contribution in [0.4, 0.5) is 0 Å². The van der Waals surface area contributed by atoms with Crippen LogP contribution >= 0.6 is 15.9 Å². The van der Waals surface area contributed by atoms with Crippen molar-refractivity contribution in [1.29, 1.82) is 0 Å². The zero-order valence-corrected chi connectivity index (χ0v) is 15.1. The summed E-state index contributed by atoms with van der Waals surface area (Å²) in [7, 11) is 0. The minimum Gasteiger partial charge on any atom is -0.339 e. The summed E-state index contributed by atoms with van der Waals surface area (Å²) in [5, 5.41) is 0. The highest BCUT2D eigenvalue weighted by Crippen LogP contribution is 2.43. The number of halogens is 1. The molecule has 0 atom stereocenters. The van der Waals surface area contributed by atoms with E-state index >= 15 is 0 Å². The number of nitrogens with zero attached hydrogens (tertiary/aromatic N) is 2. The highest BCUT2D eigenvalue weighted by atomic mass is 79.9. The molecule has 0 N–H and O–H groups in total. The van der Waals surface area contributed by atoms with E-state index < -0.39 is 0 Å². The Hall–Kier alpha value is -1.36. The van der Waals surface area contributed by atoms with Crippen molar-refractivity contribution in [3.05, 3.63) is 34.3 Å². The van der Waals surface area contributed by atoms with Gasteiger partial charge in [0.15, 0.2) is 0 Å². The fraction of sp³-hybridized carbons (Fsp3) is 0.556. The summed E-state index contributed by atoms with van der Waals surface area (Å²) in [6.45, 7) is 4.19. The van der Waals surface area contributed by atoms with E-state index in [2.05, 4.69) is 28.1 Å². The number of amides is 2. The van der Waals surface area contributed by atoms with E-state index in [1.807, 2.05) is 21.9 Å². The molecule has 2 fully saturated rings. The van der Waals surface area contributed by atoms with Gasteiger partial charge in [-0.1, -0.05) is 40.9 Å². The van der Waals surface area contributed by atoms with Gasteiger partial charge in [0.05, 0.1) is 5.41 Å². The molecule has 0 unspecified atom stereocenters. The van der Waals surface area contributed by atoms with Crippen molar-refractivity contribution in [2.24, 2.45) is 0 Å². The Bertz CT molecular complexity index is 603. The highest BCUT2D eigenvalue weighted by molar-refractivity contribution is 9.10. The summed E-state index contributed by atoms with van der Waals surface area (Å²) in [4.78, 5) is 28.6. The lowest BCUT2D eigenvalue weighted by Gasteiger charge is -2.40. The third-order valence-electron chi connectivity index (χ3n) is 5.26. The zero-order chi connectivity index (χ0) is 16.4. The van der Waals surface area contributed by atoms with Crippen molar-refractivity contribution in [3.8, 4) is 0 Å². The monoisotopic (exact) mass is 378 g/mol. The Labute approximate surface area is 146 Å². The number of hydrogen-bond acceptors (Lipinski definition) is 2. The van der Waals surface area contributed by atoms with Crippen LogP contribution in [0.15, 0.2) is 28.7 Å². The van der Waals surface area contributed by atoms with Crippen molar-refractivity contribution in [3.63, 3.8) is 0 Å². The molecule has 3 rings (SSSR count). The Morgan fingerprint density at radius 1 is 1.04 bits per heavy atom. The van der Waals surface area contributed by atoms with Gasteiger partial charge in [-0.25, -0.2) is 0 Å². The predicted molar refractivity (Wildman–Crippen MR) is 93.1 cm³/mol. The largest absolute Gasteiger partial charge is 0.339 e. The second kappa shape index (κ2) is 6.63. The molecule has 5 heteroatoms. The van der Waals surface area contributed by atoms with Crippen LogP contribution in [0.5, 0.6) is 0 Å². The molecule has 0 bridgehead atoms. The van der Waals surface area contributed by atoms with Crippen molar-refractivity contribution in [2.45, 2.75) is 38.0 Å². The molecular formula is C18H23BrN2O2. The van der Waals surface area contributed by atoms with Gasteiger partial charge in [0.25, 0.3) is 0 Å². The minimum atomic E-state index is -0.373. The first-order chi connectivity index (χ1) is 11.0. The number of hydrogen-bond donors (Lipinski definition) is 0. The summed E-state index contributed by atoms with van der Waals surface area (Å²) >= 11 is 3.53. The van der Waals surface area contributed by atoms with Gasteiger partial charge < -0.3 is 9.80 Å². The fourth-order valence-corrected chi connectivity index (χ4v) is 4.32. The van der Waals surface area contributed by atoms with Crippen LogP contribution < -0.4 is 0 Å². The molecule has 1 aromatic carbocycles. The zero-order valence-electron chi connectivity index (χ0n) is 13.6. The van der Waals surface area contributed by atoms with Crippen molar-refractivity contribution >= 4 is 27.7 Å². The van der Waals surface area contributed by atoms with Crippen LogP contribution in [-0.2, 0) is 15.0 Å². The van der Waals surface area contributed by atoms with Crippen LogP contribution in [0, 0.1) is 0 Å². The summed E-state index contributed by atoms with van der Waals surface area (Å²) in [5.74, 6) is 0.343. The molecule has 0 aromatic heterocycles. The van der Waals surface area contributed by atoms with E-state index in [4.69, 9.17) is 0 Å². The average molecular weight is 379 g/mol. The van der Waals surface area contributed by atoms with Gasteiger partial charge in [-0.05, 0) is 30.5 Å². The van der Waals surface area contributed by atoms with E-state index in [0.717, 1.165) is 35.7 Å². The molecule has 124 valence electrons. The normalized spacial score (nSPS) is 20.6. The SMILES string of the molecule is CC(=O)N1CCN(C(=O)C2(c3cccc(Br)c3)CCCC2)CC1. The highest BCUT2D eigenvalue weighted by Gasteiger charge is 2.45. The lowest BCUT2D eigenvalue weighted by atomic mass is 9.77. The Kier molecular flexibility index (Phi) is 4.76. The fourth-order valence-electron chi connectivity index (χ4n) is 3.92. The first-order valence-corrected chi connectivity index (χ1v) is 9.13. The van der Waals surface area contributed by atoms with Crippen LogP contribution in [0.3, 0.4) is 0 Å². The molecule has 23 heavy (non-hydrogen) atoms. The molecule has 1 aliphatic heterocycles. The van der Waals surface area contributed by atoms with Gasteiger partial charge in [-0.2, -0.15) is 0 Å². The smallest absolute Gasteiger partial charge is 0.233 e. The molecule has 1 aliphatic carbocycles. The second-order valence-corrected chi connectivity index (χ2v) is 7.51. The second-order valence-electron chi connectivity index (χ2n) is 6.60. The summed E-state index contributed by atoms with van der Waals surface area (Å²) in [6.07, 6.45) is 4.06. The van der Waals surface area contributed by atoms with Crippen molar-refractivity contribution in [2.75, 3.05) is 26.2 Å². The Morgan fingerprint density at radius 3 is 2.22 bits per heavy atom. The van der Waals surface area contributed by atoms with E-state index in [0.29, 0.717) is 26.2 Å². The first-order valence-electron chi connectivity index (χ1n) is 8.34. The van der Waals surface area contributed by atoms with E-state index in [1.54, 1.807) is 6.92 Å². The Balaban J connectivity index is 1.82. The van der Waals surface area contributed by atoms with Crippen LogP contribution in [-0.4, -0.2) is 47.8 Å². The van der Waals surface area contributed by atoms with Gasteiger partial charge in [0.2, 0.25) is 11.8 Å². The Morgan fingerprint density at radius 2 is 1.65 bits per heavy atom. The number of rotatable bonds is 2. The van der Waals surface area contributed by atoms with Gasteiger partial charge in [0, 0.05) is 37.6 Å². The van der Waals surface area contributed by atoms with Gasteiger partial charge in [-0.15, -0.1) is 0 Å². The third kappa shape index (κ3) is 3.16. The predicted octanol–water partition coefficient (Wildman–Crippen LogP) is 2.95. The summed E-state index contributed by atoms with van der Waals surface area (Å²) in [5.41, 5.74) is 0.755. The molecule has 2 amide bonds. The molecule has 1 aromatic rings. The topological polar surface area (TPSA) is 40.6 Å². The third-order valence-corrected chi connectivity index (χ3v) is 5.75. The lowest BCUT2D eigenvalue weighted by Crippen LogP contribution is -2.54. The van der Waals surface area contributed by atoms with Crippen LogP contribution in [0.1, 0.15) is 38.2 Å². The summed E-state index contributed by atoms with van der Waals surface area (Å²) < 4.78 is 1.02. The first kappa shape index (κ1) is 16.5. The van der Waals surface area contributed by atoms with Crippen molar-refractivity contribution < 1.29 is 9.59 Å².